The summed E-state index contributed by atoms with van der Waals surface area (Å²) in [6.07, 6.45) is 0.924. The first-order valence-electron chi connectivity index (χ1n) is 9.42. The molecule has 7 heteroatoms. The molecule has 0 aliphatic rings. The first-order valence-corrected chi connectivity index (χ1v) is 9.80. The Bertz CT molecular complexity index is 854. The number of likely N-dealkylation sites (N-methyl/N-ethyl adjacent to an activating group) is 1. The molecule has 0 fully saturated rings. The lowest BCUT2D eigenvalue weighted by Gasteiger charge is -2.18. The molecule has 2 amide bonds. The van der Waals surface area contributed by atoms with E-state index in [0.717, 1.165) is 6.42 Å². The lowest BCUT2D eigenvalue weighted by Crippen LogP contribution is -2.35. The Labute approximate surface area is 176 Å². The van der Waals surface area contributed by atoms with Crippen molar-refractivity contribution < 1.29 is 19.1 Å². The van der Waals surface area contributed by atoms with Crippen LogP contribution < -0.4 is 14.8 Å². The number of carbonyl (C=O) groups is 2. The lowest BCUT2D eigenvalue weighted by atomic mass is 10.1. The maximum atomic E-state index is 12.7. The van der Waals surface area contributed by atoms with Crippen molar-refractivity contribution >= 4 is 29.1 Å². The number of hydrogen-bond donors (Lipinski definition) is 1. The van der Waals surface area contributed by atoms with Crippen LogP contribution in [0.5, 0.6) is 11.5 Å². The second kappa shape index (κ2) is 10.7. The average Bonchev–Trinajstić information content (AvgIpc) is 2.69. The minimum atomic E-state index is -0.338. The second-order valence-electron chi connectivity index (χ2n) is 7.09. The predicted molar refractivity (Wildman–Crippen MR) is 115 cm³/mol. The summed E-state index contributed by atoms with van der Waals surface area (Å²) in [5.41, 5.74) is 0.913. The van der Waals surface area contributed by atoms with E-state index in [1.165, 1.54) is 12.0 Å². The molecule has 0 aromatic heterocycles. The highest BCUT2D eigenvalue weighted by Crippen LogP contribution is 2.29. The topological polar surface area (TPSA) is 67.9 Å². The summed E-state index contributed by atoms with van der Waals surface area (Å²) in [6, 6.07) is 11.9. The molecule has 0 unspecified atom stereocenters. The molecule has 0 aliphatic carbocycles. The highest BCUT2D eigenvalue weighted by molar-refractivity contribution is 6.33. The molecule has 1 N–H and O–H groups in total. The molecule has 0 saturated carbocycles. The van der Waals surface area contributed by atoms with E-state index >= 15 is 0 Å². The molecule has 0 heterocycles. The van der Waals surface area contributed by atoms with Gasteiger partial charge in [0.1, 0.15) is 0 Å². The van der Waals surface area contributed by atoms with Crippen molar-refractivity contribution in [2.75, 3.05) is 32.6 Å². The van der Waals surface area contributed by atoms with Crippen molar-refractivity contribution in [3.8, 4) is 11.5 Å². The van der Waals surface area contributed by atoms with Gasteiger partial charge in [0.15, 0.2) is 11.5 Å². The number of carbonyl (C=O) groups excluding carboxylic acids is 2. The van der Waals surface area contributed by atoms with E-state index in [-0.39, 0.29) is 18.4 Å². The molecule has 156 valence electrons. The highest BCUT2D eigenvalue weighted by Gasteiger charge is 2.18. The van der Waals surface area contributed by atoms with Crippen LogP contribution in [0.25, 0.3) is 0 Å². The van der Waals surface area contributed by atoms with Gasteiger partial charge in [-0.1, -0.05) is 37.6 Å². The van der Waals surface area contributed by atoms with E-state index in [0.29, 0.717) is 40.3 Å². The minimum absolute atomic E-state index is 0.112. The third-order valence-corrected chi connectivity index (χ3v) is 4.57. The molecule has 0 aliphatic heterocycles. The molecule has 0 saturated heterocycles. The van der Waals surface area contributed by atoms with Crippen LogP contribution in [0.15, 0.2) is 42.5 Å². The van der Waals surface area contributed by atoms with Crippen molar-refractivity contribution in [1.29, 1.82) is 0 Å². The molecule has 2 rings (SSSR count). The number of hydrogen-bond acceptors (Lipinski definition) is 4. The van der Waals surface area contributed by atoms with Crippen LogP contribution in [0.1, 0.15) is 30.6 Å². The molecular weight excluding hydrogens is 392 g/mol. The number of para-hydroxylation sites is 1. The number of halogens is 1. The van der Waals surface area contributed by atoms with Crippen LogP contribution in [-0.4, -0.2) is 44.0 Å². The Balaban J connectivity index is 2.00. The lowest BCUT2D eigenvalue weighted by molar-refractivity contribution is -0.116. The number of benzene rings is 2. The van der Waals surface area contributed by atoms with E-state index in [1.807, 2.05) is 0 Å². The smallest absolute Gasteiger partial charge is 0.254 e. The largest absolute Gasteiger partial charge is 0.493 e. The van der Waals surface area contributed by atoms with Crippen LogP contribution in [0, 0.1) is 5.92 Å². The quantitative estimate of drug-likeness (QED) is 0.651. The van der Waals surface area contributed by atoms with Crippen LogP contribution in [0.4, 0.5) is 5.69 Å². The molecule has 29 heavy (non-hydrogen) atoms. The molecule has 0 radical (unpaired) electrons. The third kappa shape index (κ3) is 6.68. The van der Waals surface area contributed by atoms with Gasteiger partial charge in [-0.2, -0.15) is 0 Å². The Hall–Kier alpha value is -2.73. The molecular formula is C22H27ClN2O4. The molecule has 6 nitrogen and oxygen atoms in total. The van der Waals surface area contributed by atoms with Crippen LogP contribution >= 0.6 is 11.6 Å². The highest BCUT2D eigenvalue weighted by atomic mass is 35.5. The zero-order valence-electron chi connectivity index (χ0n) is 17.2. The van der Waals surface area contributed by atoms with Crippen LogP contribution in [0.2, 0.25) is 5.02 Å². The van der Waals surface area contributed by atoms with Gasteiger partial charge >= 0.3 is 0 Å². The Morgan fingerprint density at radius 1 is 1.14 bits per heavy atom. The van der Waals surface area contributed by atoms with Gasteiger partial charge in [-0.15, -0.1) is 0 Å². The number of anilines is 1. The Kier molecular flexibility index (Phi) is 8.34. The molecule has 0 bridgehead atoms. The third-order valence-electron chi connectivity index (χ3n) is 4.24. The van der Waals surface area contributed by atoms with Crippen molar-refractivity contribution in [3.05, 3.63) is 53.1 Å². The summed E-state index contributed by atoms with van der Waals surface area (Å²) in [4.78, 5) is 26.3. The number of amides is 2. The maximum Gasteiger partial charge on any atom is 0.254 e. The summed E-state index contributed by atoms with van der Waals surface area (Å²) in [7, 11) is 3.09. The maximum absolute atomic E-state index is 12.7. The average molecular weight is 419 g/mol. The molecule has 0 atom stereocenters. The van der Waals surface area contributed by atoms with E-state index in [4.69, 9.17) is 21.1 Å². The first-order chi connectivity index (χ1) is 13.8. The van der Waals surface area contributed by atoms with Gasteiger partial charge in [-0.25, -0.2) is 0 Å². The SMILES string of the molecule is COc1cc(C(=O)N(C)CC(=O)Nc2ccccc2Cl)ccc1OCCC(C)C. The van der Waals surface area contributed by atoms with Gasteiger partial charge in [-0.3, -0.25) is 9.59 Å². The zero-order chi connectivity index (χ0) is 21.4. The van der Waals surface area contributed by atoms with Gasteiger partial charge in [0.25, 0.3) is 5.91 Å². The molecule has 2 aromatic rings. The Morgan fingerprint density at radius 2 is 1.86 bits per heavy atom. The van der Waals surface area contributed by atoms with Gasteiger partial charge in [0.05, 0.1) is 31.0 Å². The molecule has 0 spiro atoms. The van der Waals surface area contributed by atoms with Crippen molar-refractivity contribution in [2.45, 2.75) is 20.3 Å². The minimum Gasteiger partial charge on any atom is -0.493 e. The summed E-state index contributed by atoms with van der Waals surface area (Å²) in [6.45, 7) is 4.71. The summed E-state index contributed by atoms with van der Waals surface area (Å²) < 4.78 is 11.1. The van der Waals surface area contributed by atoms with Crippen LogP contribution in [0.3, 0.4) is 0 Å². The fourth-order valence-corrected chi connectivity index (χ4v) is 2.77. The predicted octanol–water partition coefficient (Wildman–Crippen LogP) is 4.48. The number of methoxy groups -OCH3 is 1. The van der Waals surface area contributed by atoms with Crippen LogP contribution in [-0.2, 0) is 4.79 Å². The first kappa shape index (κ1) is 22.6. The van der Waals surface area contributed by atoms with Gasteiger partial charge in [0.2, 0.25) is 5.91 Å². The summed E-state index contributed by atoms with van der Waals surface area (Å²) >= 11 is 6.04. The van der Waals surface area contributed by atoms with E-state index in [9.17, 15) is 9.59 Å². The zero-order valence-corrected chi connectivity index (χ0v) is 18.0. The number of nitrogens with one attached hydrogen (secondary N) is 1. The second-order valence-corrected chi connectivity index (χ2v) is 7.49. The monoisotopic (exact) mass is 418 g/mol. The Morgan fingerprint density at radius 3 is 2.52 bits per heavy atom. The normalized spacial score (nSPS) is 10.6. The van der Waals surface area contributed by atoms with E-state index < -0.39 is 0 Å². The summed E-state index contributed by atoms with van der Waals surface area (Å²) in [5, 5.41) is 3.14. The summed E-state index contributed by atoms with van der Waals surface area (Å²) in [5.74, 6) is 0.964. The van der Waals surface area contributed by atoms with Crippen molar-refractivity contribution in [3.63, 3.8) is 0 Å². The standard InChI is InChI=1S/C22H27ClN2O4/c1-15(2)11-12-29-19-10-9-16(13-20(19)28-4)22(27)25(3)14-21(26)24-18-8-6-5-7-17(18)23/h5-10,13,15H,11-12,14H2,1-4H3,(H,24,26). The number of rotatable bonds is 9. The van der Waals surface area contributed by atoms with Gasteiger partial charge in [-0.05, 0) is 42.7 Å². The van der Waals surface area contributed by atoms with E-state index in [2.05, 4.69) is 19.2 Å². The number of nitrogens with zero attached hydrogens (tertiary/aromatic N) is 1. The van der Waals surface area contributed by atoms with Gasteiger partial charge in [0, 0.05) is 12.6 Å². The van der Waals surface area contributed by atoms with E-state index in [1.54, 1.807) is 49.5 Å². The molecule has 2 aromatic carbocycles. The van der Waals surface area contributed by atoms with Crippen molar-refractivity contribution in [1.82, 2.24) is 4.90 Å². The van der Waals surface area contributed by atoms with Gasteiger partial charge < -0.3 is 19.7 Å². The fourth-order valence-electron chi connectivity index (χ4n) is 2.58. The number of ether oxygens (including phenoxy) is 2. The fraction of sp³-hybridized carbons (Fsp3) is 0.364. The van der Waals surface area contributed by atoms with Crippen molar-refractivity contribution in [2.24, 2.45) is 5.92 Å².